The molecular formula is C8H13ClN2. The summed E-state index contributed by atoms with van der Waals surface area (Å²) in [6.45, 7) is 5.16. The van der Waals surface area contributed by atoms with Gasteiger partial charge in [0.1, 0.15) is 5.38 Å². The number of hydrogen-bond donors (Lipinski definition) is 0. The van der Waals surface area contributed by atoms with Gasteiger partial charge in [0.25, 0.3) is 0 Å². The van der Waals surface area contributed by atoms with Crippen molar-refractivity contribution in [2.45, 2.75) is 18.7 Å². The maximum absolute atomic E-state index is 8.45. The van der Waals surface area contributed by atoms with E-state index in [1.54, 1.807) is 0 Å². The van der Waals surface area contributed by atoms with Crippen LogP contribution in [0.5, 0.6) is 0 Å². The van der Waals surface area contributed by atoms with E-state index < -0.39 is 0 Å². The predicted octanol–water partition coefficient (Wildman–Crippen LogP) is 1.46. The second kappa shape index (κ2) is 3.94. The van der Waals surface area contributed by atoms with Crippen LogP contribution in [0.1, 0.15) is 13.3 Å². The van der Waals surface area contributed by atoms with Gasteiger partial charge in [0.2, 0.25) is 0 Å². The number of rotatable bonds is 2. The lowest BCUT2D eigenvalue weighted by atomic mass is 10.2. The van der Waals surface area contributed by atoms with Gasteiger partial charge in [-0.1, -0.05) is 6.92 Å². The van der Waals surface area contributed by atoms with Crippen molar-refractivity contribution in [3.05, 3.63) is 0 Å². The van der Waals surface area contributed by atoms with E-state index in [9.17, 15) is 0 Å². The molecule has 3 heteroatoms. The molecule has 1 saturated heterocycles. The summed E-state index contributed by atoms with van der Waals surface area (Å²) in [5.41, 5.74) is 0. The van der Waals surface area contributed by atoms with Gasteiger partial charge in [0.05, 0.1) is 6.07 Å². The van der Waals surface area contributed by atoms with Crippen molar-refractivity contribution in [3.8, 4) is 6.07 Å². The standard InChI is InChI=1S/C8H13ClN2/c1-7-2-3-11(5-7)6-8(9)4-10/h7-8H,2-3,5-6H2,1H3. The molecule has 0 radical (unpaired) electrons. The Morgan fingerprint density at radius 3 is 3.00 bits per heavy atom. The van der Waals surface area contributed by atoms with Crippen molar-refractivity contribution in [1.29, 1.82) is 5.26 Å². The summed E-state index contributed by atoms with van der Waals surface area (Å²) in [6, 6.07) is 2.03. The molecule has 1 aliphatic heterocycles. The van der Waals surface area contributed by atoms with Gasteiger partial charge in [-0.05, 0) is 18.9 Å². The molecule has 62 valence electrons. The van der Waals surface area contributed by atoms with Gasteiger partial charge in [-0.3, -0.25) is 0 Å². The normalized spacial score (nSPS) is 28.3. The van der Waals surface area contributed by atoms with E-state index in [1.165, 1.54) is 6.42 Å². The molecule has 2 atom stereocenters. The molecule has 1 rings (SSSR count). The SMILES string of the molecule is CC1CCN(CC(Cl)C#N)C1. The van der Waals surface area contributed by atoms with Gasteiger partial charge in [0.15, 0.2) is 0 Å². The van der Waals surface area contributed by atoms with Crippen LogP contribution in [-0.2, 0) is 0 Å². The average Bonchev–Trinajstić information content (AvgIpc) is 2.35. The Labute approximate surface area is 72.7 Å². The third kappa shape index (κ3) is 2.69. The third-order valence-electron chi connectivity index (χ3n) is 2.07. The lowest BCUT2D eigenvalue weighted by Crippen LogP contribution is -2.26. The highest BCUT2D eigenvalue weighted by Crippen LogP contribution is 2.15. The zero-order chi connectivity index (χ0) is 8.27. The predicted molar refractivity (Wildman–Crippen MR) is 45.5 cm³/mol. The van der Waals surface area contributed by atoms with E-state index in [4.69, 9.17) is 16.9 Å². The quantitative estimate of drug-likeness (QED) is 0.590. The van der Waals surface area contributed by atoms with E-state index in [-0.39, 0.29) is 5.38 Å². The minimum atomic E-state index is -0.333. The molecule has 0 N–H and O–H groups in total. The van der Waals surface area contributed by atoms with Crippen LogP contribution in [0.15, 0.2) is 0 Å². The minimum absolute atomic E-state index is 0.333. The topological polar surface area (TPSA) is 27.0 Å². The van der Waals surface area contributed by atoms with E-state index in [0.717, 1.165) is 25.6 Å². The zero-order valence-corrected chi connectivity index (χ0v) is 7.51. The summed E-state index contributed by atoms with van der Waals surface area (Å²) < 4.78 is 0. The summed E-state index contributed by atoms with van der Waals surface area (Å²) in [5, 5.41) is 8.12. The Morgan fingerprint density at radius 2 is 2.55 bits per heavy atom. The maximum Gasteiger partial charge on any atom is 0.133 e. The highest BCUT2D eigenvalue weighted by atomic mass is 35.5. The smallest absolute Gasteiger partial charge is 0.133 e. The molecular weight excluding hydrogens is 160 g/mol. The van der Waals surface area contributed by atoms with Crippen LogP contribution >= 0.6 is 11.6 Å². The zero-order valence-electron chi connectivity index (χ0n) is 6.76. The summed E-state index contributed by atoms with van der Waals surface area (Å²) in [4.78, 5) is 2.26. The molecule has 0 spiro atoms. The fourth-order valence-electron chi connectivity index (χ4n) is 1.46. The Morgan fingerprint density at radius 1 is 1.82 bits per heavy atom. The fourth-order valence-corrected chi connectivity index (χ4v) is 1.65. The minimum Gasteiger partial charge on any atom is -0.301 e. The Kier molecular flexibility index (Phi) is 3.16. The summed E-state index contributed by atoms with van der Waals surface area (Å²) in [5.74, 6) is 0.776. The van der Waals surface area contributed by atoms with Crippen LogP contribution in [0, 0.1) is 17.2 Å². The van der Waals surface area contributed by atoms with Crippen LogP contribution in [0.4, 0.5) is 0 Å². The largest absolute Gasteiger partial charge is 0.301 e. The Hall–Kier alpha value is -0.260. The first-order valence-electron chi connectivity index (χ1n) is 3.98. The number of halogens is 1. The van der Waals surface area contributed by atoms with E-state index in [0.29, 0.717) is 0 Å². The van der Waals surface area contributed by atoms with Crippen molar-refractivity contribution >= 4 is 11.6 Å². The molecule has 0 aliphatic carbocycles. The van der Waals surface area contributed by atoms with Gasteiger partial charge in [-0.2, -0.15) is 5.26 Å². The molecule has 1 heterocycles. The van der Waals surface area contributed by atoms with E-state index in [1.807, 2.05) is 6.07 Å². The molecule has 0 amide bonds. The second-order valence-electron chi connectivity index (χ2n) is 3.25. The van der Waals surface area contributed by atoms with E-state index >= 15 is 0 Å². The van der Waals surface area contributed by atoms with E-state index in [2.05, 4.69) is 11.8 Å². The maximum atomic E-state index is 8.45. The molecule has 0 aromatic heterocycles. The van der Waals surface area contributed by atoms with Crippen LogP contribution in [0.3, 0.4) is 0 Å². The Bertz CT molecular complexity index is 164. The lowest BCUT2D eigenvalue weighted by Gasteiger charge is -2.14. The fraction of sp³-hybridized carbons (Fsp3) is 0.875. The van der Waals surface area contributed by atoms with Crippen LogP contribution < -0.4 is 0 Å². The monoisotopic (exact) mass is 172 g/mol. The lowest BCUT2D eigenvalue weighted by molar-refractivity contribution is 0.338. The number of nitrogens with zero attached hydrogens (tertiary/aromatic N) is 2. The number of nitriles is 1. The summed E-state index contributed by atoms with van der Waals surface area (Å²) in [7, 11) is 0. The Balaban J connectivity index is 2.24. The number of alkyl halides is 1. The van der Waals surface area contributed by atoms with Gasteiger partial charge in [0, 0.05) is 13.1 Å². The van der Waals surface area contributed by atoms with Crippen LogP contribution in [0.25, 0.3) is 0 Å². The molecule has 0 bridgehead atoms. The highest BCUT2D eigenvalue weighted by Gasteiger charge is 2.20. The molecule has 0 aromatic rings. The second-order valence-corrected chi connectivity index (χ2v) is 3.78. The number of likely N-dealkylation sites (tertiary alicyclic amines) is 1. The third-order valence-corrected chi connectivity index (χ3v) is 2.30. The first-order chi connectivity index (χ1) is 5.22. The van der Waals surface area contributed by atoms with Crippen molar-refractivity contribution < 1.29 is 0 Å². The van der Waals surface area contributed by atoms with Crippen LogP contribution in [0.2, 0.25) is 0 Å². The molecule has 0 aromatic carbocycles. The summed E-state index contributed by atoms with van der Waals surface area (Å²) >= 11 is 5.69. The molecule has 11 heavy (non-hydrogen) atoms. The number of hydrogen-bond acceptors (Lipinski definition) is 2. The molecule has 2 nitrogen and oxygen atoms in total. The van der Waals surface area contributed by atoms with Gasteiger partial charge < -0.3 is 4.90 Å². The van der Waals surface area contributed by atoms with Crippen molar-refractivity contribution in [2.75, 3.05) is 19.6 Å². The summed E-state index contributed by atoms with van der Waals surface area (Å²) in [6.07, 6.45) is 1.25. The van der Waals surface area contributed by atoms with Crippen molar-refractivity contribution in [1.82, 2.24) is 4.90 Å². The van der Waals surface area contributed by atoms with Crippen molar-refractivity contribution in [3.63, 3.8) is 0 Å². The van der Waals surface area contributed by atoms with Crippen molar-refractivity contribution in [2.24, 2.45) is 5.92 Å². The molecule has 2 unspecified atom stereocenters. The first kappa shape index (κ1) is 8.83. The van der Waals surface area contributed by atoms with Gasteiger partial charge in [-0.25, -0.2) is 0 Å². The molecule has 1 aliphatic rings. The molecule has 0 saturated carbocycles. The first-order valence-corrected chi connectivity index (χ1v) is 4.42. The average molecular weight is 173 g/mol. The van der Waals surface area contributed by atoms with Gasteiger partial charge in [-0.15, -0.1) is 11.6 Å². The molecule has 1 fully saturated rings. The van der Waals surface area contributed by atoms with Gasteiger partial charge >= 0.3 is 0 Å². The van der Waals surface area contributed by atoms with Crippen LogP contribution in [-0.4, -0.2) is 29.9 Å². The highest BCUT2D eigenvalue weighted by molar-refractivity contribution is 6.22.